The fourth-order valence-corrected chi connectivity index (χ4v) is 4.27. The van der Waals surface area contributed by atoms with Crippen molar-refractivity contribution in [2.24, 2.45) is 5.41 Å². The van der Waals surface area contributed by atoms with E-state index in [1.165, 1.54) is 51.4 Å². The summed E-state index contributed by atoms with van der Waals surface area (Å²) in [6.45, 7) is 2.23. The van der Waals surface area contributed by atoms with Gasteiger partial charge in [0.05, 0.1) is 17.8 Å². The minimum atomic E-state index is -0.220. The van der Waals surface area contributed by atoms with Crippen LogP contribution in [0.3, 0.4) is 0 Å². The molecule has 2 fully saturated rings. The van der Waals surface area contributed by atoms with E-state index in [1.807, 2.05) is 0 Å². The molecule has 2 saturated carbocycles. The molecule has 0 saturated heterocycles. The molecule has 1 aromatic rings. The molecule has 3 rings (SSSR count). The van der Waals surface area contributed by atoms with Gasteiger partial charge in [0.15, 0.2) is 0 Å². The maximum absolute atomic E-state index is 10.7. The lowest BCUT2D eigenvalue weighted by Gasteiger charge is -2.33. The summed E-state index contributed by atoms with van der Waals surface area (Å²) in [5.41, 5.74) is 1.24. The van der Waals surface area contributed by atoms with Crippen LogP contribution in [0.25, 0.3) is 0 Å². The molecule has 3 heteroatoms. The highest BCUT2D eigenvalue weighted by atomic mass is 16.3. The van der Waals surface area contributed by atoms with Crippen LogP contribution < -0.4 is 0 Å². The van der Waals surface area contributed by atoms with Crippen LogP contribution in [0.1, 0.15) is 76.4 Å². The van der Waals surface area contributed by atoms with Crippen molar-refractivity contribution < 1.29 is 5.11 Å². The molecule has 1 heterocycles. The van der Waals surface area contributed by atoms with E-state index in [2.05, 4.69) is 23.9 Å². The number of aliphatic hydroxyl groups is 1. The van der Waals surface area contributed by atoms with Gasteiger partial charge in [-0.2, -0.15) is 5.10 Å². The van der Waals surface area contributed by atoms with Gasteiger partial charge in [-0.3, -0.25) is 4.68 Å². The molecule has 0 bridgehead atoms. The first kappa shape index (κ1) is 14.1. The van der Waals surface area contributed by atoms with Gasteiger partial charge in [-0.1, -0.05) is 32.6 Å². The van der Waals surface area contributed by atoms with E-state index >= 15 is 0 Å². The Morgan fingerprint density at radius 2 is 2.00 bits per heavy atom. The number of hydrogen-bond donors (Lipinski definition) is 1. The highest BCUT2D eigenvalue weighted by molar-refractivity contribution is 5.05. The lowest BCUT2D eigenvalue weighted by Crippen LogP contribution is -2.33. The van der Waals surface area contributed by atoms with E-state index in [4.69, 9.17) is 5.10 Å². The third-order valence-electron chi connectivity index (χ3n) is 5.78. The first-order chi connectivity index (χ1) is 9.73. The second kappa shape index (κ2) is 5.88. The first-order valence-corrected chi connectivity index (χ1v) is 8.45. The maximum Gasteiger partial charge on any atom is 0.0652 e. The van der Waals surface area contributed by atoms with E-state index in [1.54, 1.807) is 0 Å². The predicted octanol–water partition coefficient (Wildman–Crippen LogP) is 3.87. The van der Waals surface area contributed by atoms with Gasteiger partial charge in [0.1, 0.15) is 0 Å². The summed E-state index contributed by atoms with van der Waals surface area (Å²) in [4.78, 5) is 0. The summed E-state index contributed by atoms with van der Waals surface area (Å²) in [5, 5.41) is 15.4. The molecule has 0 amide bonds. The summed E-state index contributed by atoms with van der Waals surface area (Å²) in [6.07, 6.45) is 13.9. The Hall–Kier alpha value is -0.830. The van der Waals surface area contributed by atoms with Gasteiger partial charge in [0.2, 0.25) is 0 Å². The summed E-state index contributed by atoms with van der Waals surface area (Å²) in [5.74, 6) is 0. The quantitative estimate of drug-likeness (QED) is 0.886. The monoisotopic (exact) mass is 276 g/mol. The van der Waals surface area contributed by atoms with Crippen molar-refractivity contribution in [3.8, 4) is 0 Å². The lowest BCUT2D eigenvalue weighted by atomic mass is 9.76. The van der Waals surface area contributed by atoms with Crippen LogP contribution in [0.5, 0.6) is 0 Å². The van der Waals surface area contributed by atoms with Crippen molar-refractivity contribution in [1.82, 2.24) is 9.78 Å². The molecule has 0 spiro atoms. The van der Waals surface area contributed by atoms with Gasteiger partial charge in [-0.25, -0.2) is 0 Å². The highest BCUT2D eigenvalue weighted by Gasteiger charge is 2.39. The van der Waals surface area contributed by atoms with E-state index in [-0.39, 0.29) is 11.5 Å². The minimum Gasteiger partial charge on any atom is -0.392 e. The lowest BCUT2D eigenvalue weighted by molar-refractivity contribution is 0.0249. The molecule has 112 valence electrons. The number of aromatic nitrogens is 2. The van der Waals surface area contributed by atoms with Crippen molar-refractivity contribution >= 4 is 0 Å². The van der Waals surface area contributed by atoms with Gasteiger partial charge in [0, 0.05) is 12.6 Å². The van der Waals surface area contributed by atoms with Crippen LogP contribution in [0.15, 0.2) is 12.3 Å². The summed E-state index contributed by atoms with van der Waals surface area (Å²) < 4.78 is 2.14. The van der Waals surface area contributed by atoms with Crippen molar-refractivity contribution in [2.75, 3.05) is 0 Å². The molecular weight excluding hydrogens is 248 g/mol. The van der Waals surface area contributed by atoms with Gasteiger partial charge in [-0.15, -0.1) is 0 Å². The predicted molar refractivity (Wildman–Crippen MR) is 80.6 cm³/mol. The average Bonchev–Trinajstić information content (AvgIpc) is 3.20. The molecule has 1 atom stereocenters. The Kier molecular flexibility index (Phi) is 4.16. The van der Waals surface area contributed by atoms with Gasteiger partial charge in [-0.05, 0) is 43.6 Å². The molecule has 1 N–H and O–H groups in total. The molecule has 2 aliphatic rings. The van der Waals surface area contributed by atoms with Gasteiger partial charge < -0.3 is 5.11 Å². The molecule has 0 aromatic carbocycles. The average molecular weight is 276 g/mol. The second-order valence-corrected chi connectivity index (χ2v) is 6.87. The third-order valence-corrected chi connectivity index (χ3v) is 5.78. The largest absolute Gasteiger partial charge is 0.392 e. The number of hydrogen-bond acceptors (Lipinski definition) is 2. The standard InChI is InChI=1S/C17H28N2O/c1-2-17(10-5-6-11-17)16(20)13-14-9-12-19(18-14)15-7-3-4-8-15/h9,12,15-16,20H,2-8,10-11,13H2,1H3. The van der Waals surface area contributed by atoms with Crippen LogP contribution in [0.4, 0.5) is 0 Å². The maximum atomic E-state index is 10.7. The topological polar surface area (TPSA) is 38.0 Å². The van der Waals surface area contributed by atoms with Crippen molar-refractivity contribution in [3.05, 3.63) is 18.0 Å². The fraction of sp³-hybridized carbons (Fsp3) is 0.824. The number of rotatable bonds is 5. The molecule has 20 heavy (non-hydrogen) atoms. The highest BCUT2D eigenvalue weighted by Crippen LogP contribution is 2.44. The zero-order valence-electron chi connectivity index (χ0n) is 12.7. The van der Waals surface area contributed by atoms with Crippen LogP contribution in [-0.2, 0) is 6.42 Å². The molecule has 0 aliphatic heterocycles. The normalized spacial score (nSPS) is 24.3. The van der Waals surface area contributed by atoms with Gasteiger partial charge >= 0.3 is 0 Å². The van der Waals surface area contributed by atoms with E-state index < -0.39 is 0 Å². The third kappa shape index (κ3) is 2.65. The Bertz CT molecular complexity index is 428. The summed E-state index contributed by atoms with van der Waals surface area (Å²) >= 11 is 0. The van der Waals surface area contributed by atoms with E-state index in [0.717, 1.165) is 18.5 Å². The van der Waals surface area contributed by atoms with Crippen molar-refractivity contribution in [3.63, 3.8) is 0 Å². The minimum absolute atomic E-state index is 0.164. The zero-order chi connectivity index (χ0) is 14.0. The molecule has 0 radical (unpaired) electrons. The van der Waals surface area contributed by atoms with E-state index in [9.17, 15) is 5.11 Å². The van der Waals surface area contributed by atoms with Crippen molar-refractivity contribution in [1.29, 1.82) is 0 Å². The van der Waals surface area contributed by atoms with Crippen LogP contribution in [-0.4, -0.2) is 21.0 Å². The van der Waals surface area contributed by atoms with Crippen LogP contribution in [0, 0.1) is 5.41 Å². The number of aliphatic hydroxyl groups excluding tert-OH is 1. The Morgan fingerprint density at radius 1 is 1.30 bits per heavy atom. The second-order valence-electron chi connectivity index (χ2n) is 6.87. The Balaban J connectivity index is 1.65. The smallest absolute Gasteiger partial charge is 0.0652 e. The molecule has 2 aliphatic carbocycles. The SMILES string of the molecule is CCC1(C(O)Cc2ccn(C3CCCC3)n2)CCCC1. The Morgan fingerprint density at radius 3 is 2.65 bits per heavy atom. The molecule has 1 unspecified atom stereocenters. The summed E-state index contributed by atoms with van der Waals surface area (Å²) in [7, 11) is 0. The first-order valence-electron chi connectivity index (χ1n) is 8.45. The van der Waals surface area contributed by atoms with Crippen LogP contribution >= 0.6 is 0 Å². The fourth-order valence-electron chi connectivity index (χ4n) is 4.27. The van der Waals surface area contributed by atoms with Crippen molar-refractivity contribution in [2.45, 2.75) is 83.3 Å². The molecule has 1 aromatic heterocycles. The zero-order valence-corrected chi connectivity index (χ0v) is 12.7. The van der Waals surface area contributed by atoms with Gasteiger partial charge in [0.25, 0.3) is 0 Å². The van der Waals surface area contributed by atoms with E-state index in [0.29, 0.717) is 6.04 Å². The number of nitrogens with zero attached hydrogens (tertiary/aromatic N) is 2. The molecule has 3 nitrogen and oxygen atoms in total. The Labute approximate surface area is 122 Å². The molecular formula is C17H28N2O. The summed E-state index contributed by atoms with van der Waals surface area (Å²) in [6, 6.07) is 2.72. The van der Waals surface area contributed by atoms with Crippen LogP contribution in [0.2, 0.25) is 0 Å².